The van der Waals surface area contributed by atoms with Crippen LogP contribution in [0, 0.1) is 17.3 Å². The Morgan fingerprint density at radius 1 is 1.23 bits per heavy atom. The van der Waals surface area contributed by atoms with Crippen molar-refractivity contribution >= 4 is 16.9 Å². The van der Waals surface area contributed by atoms with Crippen molar-refractivity contribution in [1.29, 1.82) is 0 Å². The number of aromatic nitrogens is 2. The normalized spacial score (nSPS) is 30.1. The van der Waals surface area contributed by atoms with E-state index >= 15 is 0 Å². The highest BCUT2D eigenvalue weighted by atomic mass is 16.3. The van der Waals surface area contributed by atoms with Crippen LogP contribution < -0.4 is 0 Å². The number of likely N-dealkylation sites (tertiary alicyclic amines) is 1. The summed E-state index contributed by atoms with van der Waals surface area (Å²) in [5.41, 5.74) is 2.01. The molecule has 0 bridgehead atoms. The molecule has 26 heavy (non-hydrogen) atoms. The number of aryl methyl sites for hydroxylation is 1. The summed E-state index contributed by atoms with van der Waals surface area (Å²) >= 11 is 0. The van der Waals surface area contributed by atoms with Gasteiger partial charge in [-0.1, -0.05) is 0 Å². The van der Waals surface area contributed by atoms with E-state index in [1.807, 2.05) is 18.9 Å². The number of carbonyl (C=O) groups is 1. The molecule has 2 aliphatic carbocycles. The molecule has 0 radical (unpaired) electrons. The molecule has 5 heteroatoms. The van der Waals surface area contributed by atoms with Gasteiger partial charge in [-0.25, -0.2) is 4.98 Å². The lowest BCUT2D eigenvalue weighted by atomic mass is 9.56. The average Bonchev–Trinajstić information content (AvgIpc) is 2.86. The Bertz CT molecular complexity index is 863. The van der Waals surface area contributed by atoms with Gasteiger partial charge >= 0.3 is 0 Å². The zero-order chi connectivity index (χ0) is 18.1. The minimum absolute atomic E-state index is 0.0550. The summed E-state index contributed by atoms with van der Waals surface area (Å²) < 4.78 is 2.08. The largest absolute Gasteiger partial charge is 0.390 e. The number of carbonyl (C=O) groups excluding carboxylic acids is 1. The molecule has 3 aliphatic rings. The number of aliphatic hydroxyl groups is 1. The van der Waals surface area contributed by atoms with Crippen LogP contribution in [0.2, 0.25) is 0 Å². The second-order valence-electron chi connectivity index (χ2n) is 9.42. The van der Waals surface area contributed by atoms with Crippen LogP contribution in [0.4, 0.5) is 0 Å². The lowest BCUT2D eigenvalue weighted by Crippen LogP contribution is -2.66. The molecule has 5 nitrogen and oxygen atoms in total. The summed E-state index contributed by atoms with van der Waals surface area (Å²) in [6.45, 7) is 3.67. The molecule has 2 aromatic rings. The maximum Gasteiger partial charge on any atom is 0.225 e. The molecular formula is C21H27N3O2. The predicted octanol–water partition coefficient (Wildman–Crippen LogP) is 2.52. The van der Waals surface area contributed by atoms with Crippen LogP contribution in [0.25, 0.3) is 11.0 Å². The van der Waals surface area contributed by atoms with Gasteiger partial charge in [0, 0.05) is 48.7 Å². The molecule has 2 saturated carbocycles. The van der Waals surface area contributed by atoms with Crippen LogP contribution in [0.15, 0.2) is 24.4 Å². The number of hydrogen-bond donors (Lipinski definition) is 1. The zero-order valence-corrected chi connectivity index (χ0v) is 15.6. The second-order valence-corrected chi connectivity index (χ2v) is 9.42. The Balaban J connectivity index is 1.13. The smallest absolute Gasteiger partial charge is 0.225 e. The molecule has 1 aliphatic heterocycles. The summed E-state index contributed by atoms with van der Waals surface area (Å²) in [5, 5.41) is 11.0. The van der Waals surface area contributed by atoms with Gasteiger partial charge in [-0.2, -0.15) is 0 Å². The van der Waals surface area contributed by atoms with Gasteiger partial charge in [0.2, 0.25) is 5.91 Å². The van der Waals surface area contributed by atoms with Crippen LogP contribution in [-0.2, 0) is 18.3 Å². The van der Waals surface area contributed by atoms with Crippen LogP contribution in [0.3, 0.4) is 0 Å². The highest BCUT2D eigenvalue weighted by Gasteiger charge is 2.55. The lowest BCUT2D eigenvalue weighted by molar-refractivity contribution is -0.171. The summed E-state index contributed by atoms with van der Waals surface area (Å²) in [5.74, 6) is 1.02. The molecule has 1 saturated heterocycles. The average molecular weight is 353 g/mol. The van der Waals surface area contributed by atoms with Gasteiger partial charge in [0.1, 0.15) is 5.65 Å². The van der Waals surface area contributed by atoms with E-state index in [0.29, 0.717) is 24.2 Å². The van der Waals surface area contributed by atoms with Gasteiger partial charge in [-0.15, -0.1) is 0 Å². The van der Waals surface area contributed by atoms with E-state index in [0.717, 1.165) is 25.2 Å². The topological polar surface area (TPSA) is 58.4 Å². The number of amides is 1. The third-order valence-electron chi connectivity index (χ3n) is 6.80. The quantitative estimate of drug-likeness (QED) is 0.922. The molecule has 5 rings (SSSR count). The fourth-order valence-electron chi connectivity index (χ4n) is 5.50. The van der Waals surface area contributed by atoms with Crippen LogP contribution >= 0.6 is 0 Å². The highest BCUT2D eigenvalue weighted by Crippen LogP contribution is 2.53. The molecule has 0 unspecified atom stereocenters. The van der Waals surface area contributed by atoms with Crippen molar-refractivity contribution in [1.82, 2.24) is 14.5 Å². The van der Waals surface area contributed by atoms with Crippen molar-refractivity contribution in [2.45, 2.75) is 44.6 Å². The number of pyridine rings is 1. The van der Waals surface area contributed by atoms with Gasteiger partial charge < -0.3 is 14.6 Å². The Kier molecular flexibility index (Phi) is 3.34. The second kappa shape index (κ2) is 5.32. The van der Waals surface area contributed by atoms with Gasteiger partial charge in [-0.3, -0.25) is 4.79 Å². The number of fused-ring (bicyclic) bond motifs is 1. The first-order chi connectivity index (χ1) is 12.3. The molecule has 0 atom stereocenters. The minimum Gasteiger partial charge on any atom is -0.390 e. The third kappa shape index (κ3) is 2.56. The van der Waals surface area contributed by atoms with E-state index in [9.17, 15) is 9.90 Å². The Morgan fingerprint density at radius 2 is 1.96 bits per heavy atom. The van der Waals surface area contributed by atoms with E-state index in [2.05, 4.69) is 29.0 Å². The third-order valence-corrected chi connectivity index (χ3v) is 6.80. The molecule has 3 heterocycles. The van der Waals surface area contributed by atoms with E-state index < -0.39 is 5.60 Å². The summed E-state index contributed by atoms with van der Waals surface area (Å²) in [7, 11) is 2.04. The molecular weight excluding hydrogens is 326 g/mol. The molecule has 2 aromatic heterocycles. The number of rotatable bonds is 3. The first kappa shape index (κ1) is 16.3. The van der Waals surface area contributed by atoms with Crippen molar-refractivity contribution in [3.8, 4) is 0 Å². The predicted molar refractivity (Wildman–Crippen MR) is 99.5 cm³/mol. The molecule has 3 fully saturated rings. The van der Waals surface area contributed by atoms with Crippen molar-refractivity contribution in [3.63, 3.8) is 0 Å². The van der Waals surface area contributed by atoms with Crippen molar-refractivity contribution in [2.75, 3.05) is 13.1 Å². The summed E-state index contributed by atoms with van der Waals surface area (Å²) in [6.07, 6.45) is 6.79. The Morgan fingerprint density at radius 3 is 2.65 bits per heavy atom. The van der Waals surface area contributed by atoms with E-state index in [4.69, 9.17) is 4.98 Å². The number of nitrogens with zero attached hydrogens (tertiary/aromatic N) is 3. The van der Waals surface area contributed by atoms with Gasteiger partial charge in [0.25, 0.3) is 0 Å². The molecule has 0 aromatic carbocycles. The SMILES string of the molecule is Cn1ccc2ccc(CC3CC4(C3)CN(C(=O)[C@H]3C[C@@](C)(O)C3)C4)nc21. The highest BCUT2D eigenvalue weighted by molar-refractivity contribution is 5.81. The van der Waals surface area contributed by atoms with Gasteiger partial charge in [0.15, 0.2) is 0 Å². The van der Waals surface area contributed by atoms with Crippen LogP contribution in [0.1, 0.15) is 38.3 Å². The maximum atomic E-state index is 12.4. The molecule has 1 N–H and O–H groups in total. The van der Waals surface area contributed by atoms with Crippen molar-refractivity contribution in [3.05, 3.63) is 30.1 Å². The van der Waals surface area contributed by atoms with Crippen LogP contribution in [0.5, 0.6) is 0 Å². The first-order valence-electron chi connectivity index (χ1n) is 9.75. The lowest BCUT2D eigenvalue weighted by Gasteiger charge is -2.60. The molecule has 1 amide bonds. The first-order valence-corrected chi connectivity index (χ1v) is 9.75. The van der Waals surface area contributed by atoms with Gasteiger partial charge in [-0.05, 0) is 63.1 Å². The van der Waals surface area contributed by atoms with E-state index in [1.54, 1.807) is 0 Å². The summed E-state index contributed by atoms with van der Waals surface area (Å²) in [4.78, 5) is 19.3. The maximum absolute atomic E-state index is 12.4. The van der Waals surface area contributed by atoms with E-state index in [1.165, 1.54) is 23.9 Å². The molecule has 1 spiro atoms. The Hall–Kier alpha value is -1.88. The minimum atomic E-state index is -0.614. The van der Waals surface area contributed by atoms with Gasteiger partial charge in [0.05, 0.1) is 5.60 Å². The fraction of sp³-hybridized carbons (Fsp3) is 0.619. The standard InChI is InChI=1S/C21H27N3O2/c1-20(26)10-16(11-20)19(25)24-12-21(13-24)8-14(9-21)7-17-4-3-15-5-6-23(2)18(15)22-17/h3-6,14,16,26H,7-13H2,1-2H3/t16-,20+. The summed E-state index contributed by atoms with van der Waals surface area (Å²) in [6, 6.07) is 6.43. The van der Waals surface area contributed by atoms with E-state index in [-0.39, 0.29) is 11.8 Å². The molecule has 138 valence electrons. The van der Waals surface area contributed by atoms with Crippen LogP contribution in [-0.4, -0.2) is 44.2 Å². The Labute approximate surface area is 154 Å². The monoisotopic (exact) mass is 353 g/mol. The zero-order valence-electron chi connectivity index (χ0n) is 15.6. The van der Waals surface area contributed by atoms with Crippen molar-refractivity contribution in [2.24, 2.45) is 24.3 Å². The fourth-order valence-corrected chi connectivity index (χ4v) is 5.50. The number of hydrogen-bond acceptors (Lipinski definition) is 3. The van der Waals surface area contributed by atoms with Crippen molar-refractivity contribution < 1.29 is 9.90 Å².